The number of nitrogens with zero attached hydrogens (tertiary/aromatic N) is 1. The molecule has 2 aromatic heterocycles. The third-order valence-corrected chi connectivity index (χ3v) is 4.32. The number of rotatable bonds is 6. The van der Waals surface area contributed by atoms with E-state index in [1.165, 1.54) is 0 Å². The minimum atomic E-state index is -0.0223. The number of carbonyl (C=O) groups excluding carboxylic acids is 1. The van der Waals surface area contributed by atoms with Crippen LogP contribution in [-0.4, -0.2) is 34.6 Å². The lowest BCUT2D eigenvalue weighted by Crippen LogP contribution is -2.02. The van der Waals surface area contributed by atoms with Gasteiger partial charge >= 0.3 is 0 Å². The predicted octanol–water partition coefficient (Wildman–Crippen LogP) is 3.26. The first-order valence-corrected chi connectivity index (χ1v) is 7.87. The molecule has 22 heavy (non-hydrogen) atoms. The van der Waals surface area contributed by atoms with E-state index in [9.17, 15) is 4.79 Å². The second kappa shape index (κ2) is 6.29. The van der Waals surface area contributed by atoms with Gasteiger partial charge in [-0.05, 0) is 30.0 Å². The third kappa shape index (κ3) is 2.63. The van der Waals surface area contributed by atoms with Crippen LogP contribution in [-0.2, 0) is 0 Å². The van der Waals surface area contributed by atoms with Crippen LogP contribution in [0.2, 0.25) is 0 Å². The molecule has 0 amide bonds. The van der Waals surface area contributed by atoms with Crippen LogP contribution in [0.25, 0.3) is 21.7 Å². The molecule has 0 unspecified atom stereocenters. The molecule has 2 N–H and O–H groups in total. The SMILES string of the molecule is COc1ccc(C(=O)CCCO)c2nc(-c3cccs3)[nH]c12. The average Bonchev–Trinajstić information content (AvgIpc) is 3.19. The van der Waals surface area contributed by atoms with Crippen LogP contribution in [0.4, 0.5) is 0 Å². The molecule has 0 aliphatic rings. The second-order valence-corrected chi connectivity index (χ2v) is 5.80. The number of imidazole rings is 1. The molecule has 3 rings (SSSR count). The minimum absolute atomic E-state index is 0.00600. The van der Waals surface area contributed by atoms with Gasteiger partial charge in [0.15, 0.2) is 5.78 Å². The summed E-state index contributed by atoms with van der Waals surface area (Å²) in [7, 11) is 1.59. The normalized spacial score (nSPS) is 11.0. The van der Waals surface area contributed by atoms with E-state index < -0.39 is 0 Å². The fourth-order valence-electron chi connectivity index (χ4n) is 2.37. The maximum Gasteiger partial charge on any atom is 0.165 e. The van der Waals surface area contributed by atoms with E-state index in [2.05, 4.69) is 9.97 Å². The summed E-state index contributed by atoms with van der Waals surface area (Å²) < 4.78 is 5.35. The van der Waals surface area contributed by atoms with Gasteiger partial charge in [-0.1, -0.05) is 6.07 Å². The van der Waals surface area contributed by atoms with Crippen LogP contribution in [0.15, 0.2) is 29.6 Å². The Balaban J connectivity index is 2.12. The van der Waals surface area contributed by atoms with Crippen molar-refractivity contribution in [2.24, 2.45) is 0 Å². The summed E-state index contributed by atoms with van der Waals surface area (Å²) in [4.78, 5) is 21.1. The molecule has 0 radical (unpaired) electrons. The van der Waals surface area contributed by atoms with Crippen molar-refractivity contribution >= 4 is 28.2 Å². The Morgan fingerprint density at radius 3 is 2.95 bits per heavy atom. The van der Waals surface area contributed by atoms with Crippen molar-refractivity contribution in [3.05, 3.63) is 35.2 Å². The van der Waals surface area contributed by atoms with E-state index in [1.54, 1.807) is 30.6 Å². The molecule has 6 heteroatoms. The first kappa shape index (κ1) is 14.7. The molecule has 1 aromatic carbocycles. The highest BCUT2D eigenvalue weighted by molar-refractivity contribution is 7.13. The summed E-state index contributed by atoms with van der Waals surface area (Å²) in [5.41, 5.74) is 1.90. The van der Waals surface area contributed by atoms with Crippen LogP contribution in [0.3, 0.4) is 0 Å². The van der Waals surface area contributed by atoms with Crippen LogP contribution in [0, 0.1) is 0 Å². The number of thiophene rings is 1. The molecule has 0 aliphatic heterocycles. The van der Waals surface area contributed by atoms with Gasteiger partial charge in [-0.3, -0.25) is 4.79 Å². The number of ketones is 1. The lowest BCUT2D eigenvalue weighted by molar-refractivity contribution is 0.0972. The highest BCUT2D eigenvalue weighted by Gasteiger charge is 2.17. The number of aliphatic hydroxyl groups excluding tert-OH is 1. The molecule has 3 aromatic rings. The Bertz CT molecular complexity index is 793. The van der Waals surface area contributed by atoms with Gasteiger partial charge in [0.25, 0.3) is 0 Å². The molecule has 0 saturated carbocycles. The highest BCUT2D eigenvalue weighted by Crippen LogP contribution is 2.31. The zero-order chi connectivity index (χ0) is 15.5. The number of hydrogen-bond donors (Lipinski definition) is 2. The minimum Gasteiger partial charge on any atom is -0.494 e. The van der Waals surface area contributed by atoms with E-state index >= 15 is 0 Å². The van der Waals surface area contributed by atoms with E-state index in [-0.39, 0.29) is 12.4 Å². The number of carbonyl (C=O) groups is 1. The first-order chi connectivity index (χ1) is 10.7. The van der Waals surface area contributed by atoms with Crippen molar-refractivity contribution < 1.29 is 14.6 Å². The molecule has 0 atom stereocenters. The molecule has 114 valence electrons. The Kier molecular flexibility index (Phi) is 4.22. The van der Waals surface area contributed by atoms with Gasteiger partial charge in [0.2, 0.25) is 0 Å². The van der Waals surface area contributed by atoms with Crippen LogP contribution >= 0.6 is 11.3 Å². The van der Waals surface area contributed by atoms with E-state index in [0.717, 1.165) is 16.2 Å². The van der Waals surface area contributed by atoms with Crippen LogP contribution < -0.4 is 4.74 Å². The number of Topliss-reactive ketones (excluding diaryl/α,β-unsaturated/α-hetero) is 1. The summed E-state index contributed by atoms with van der Waals surface area (Å²) in [5.74, 6) is 1.36. The zero-order valence-electron chi connectivity index (χ0n) is 12.1. The zero-order valence-corrected chi connectivity index (χ0v) is 12.9. The molecule has 0 spiro atoms. The summed E-state index contributed by atoms with van der Waals surface area (Å²) in [5, 5.41) is 10.9. The third-order valence-electron chi connectivity index (χ3n) is 3.44. The fraction of sp³-hybridized carbons (Fsp3) is 0.250. The fourth-order valence-corrected chi connectivity index (χ4v) is 3.04. The Labute approximate surface area is 131 Å². The van der Waals surface area contributed by atoms with Gasteiger partial charge in [-0.15, -0.1) is 11.3 Å². The number of aliphatic hydroxyl groups is 1. The van der Waals surface area contributed by atoms with Gasteiger partial charge in [0.05, 0.1) is 12.0 Å². The molecular weight excluding hydrogens is 300 g/mol. The molecule has 0 fully saturated rings. The van der Waals surface area contributed by atoms with Crippen molar-refractivity contribution in [2.75, 3.05) is 13.7 Å². The topological polar surface area (TPSA) is 75.2 Å². The Morgan fingerprint density at radius 1 is 1.41 bits per heavy atom. The molecule has 0 bridgehead atoms. The smallest absolute Gasteiger partial charge is 0.165 e. The molecule has 2 heterocycles. The molecule has 5 nitrogen and oxygen atoms in total. The highest BCUT2D eigenvalue weighted by atomic mass is 32.1. The molecule has 0 aliphatic carbocycles. The summed E-state index contributed by atoms with van der Waals surface area (Å²) >= 11 is 1.58. The largest absolute Gasteiger partial charge is 0.494 e. The van der Waals surface area contributed by atoms with E-state index in [1.807, 2.05) is 17.5 Å². The summed E-state index contributed by atoms with van der Waals surface area (Å²) in [6.45, 7) is 0.00600. The maximum absolute atomic E-state index is 12.3. The van der Waals surface area contributed by atoms with Crippen molar-refractivity contribution in [2.45, 2.75) is 12.8 Å². The molecule has 0 saturated heterocycles. The number of benzene rings is 1. The van der Waals surface area contributed by atoms with Gasteiger partial charge in [-0.25, -0.2) is 4.98 Å². The number of aromatic nitrogens is 2. The van der Waals surface area contributed by atoms with Gasteiger partial charge < -0.3 is 14.8 Å². The number of ether oxygens (including phenoxy) is 1. The number of aromatic amines is 1. The molecular formula is C16H16N2O3S. The average molecular weight is 316 g/mol. The maximum atomic E-state index is 12.3. The Morgan fingerprint density at radius 2 is 2.27 bits per heavy atom. The lowest BCUT2D eigenvalue weighted by Gasteiger charge is -2.05. The quantitative estimate of drug-likeness (QED) is 0.685. The second-order valence-electron chi connectivity index (χ2n) is 4.85. The van der Waals surface area contributed by atoms with Gasteiger partial charge in [-0.2, -0.15) is 0 Å². The van der Waals surface area contributed by atoms with Gasteiger partial charge in [0.1, 0.15) is 22.6 Å². The van der Waals surface area contributed by atoms with Crippen molar-refractivity contribution in [1.82, 2.24) is 9.97 Å². The van der Waals surface area contributed by atoms with E-state index in [4.69, 9.17) is 9.84 Å². The van der Waals surface area contributed by atoms with Crippen molar-refractivity contribution in [3.8, 4) is 16.5 Å². The Hall–Kier alpha value is -2.18. The lowest BCUT2D eigenvalue weighted by atomic mass is 10.0. The first-order valence-electron chi connectivity index (χ1n) is 6.99. The monoisotopic (exact) mass is 316 g/mol. The number of nitrogens with one attached hydrogen (secondary N) is 1. The van der Waals surface area contributed by atoms with Crippen molar-refractivity contribution in [3.63, 3.8) is 0 Å². The summed E-state index contributed by atoms with van der Waals surface area (Å²) in [6, 6.07) is 7.44. The number of H-pyrrole nitrogens is 1. The summed E-state index contributed by atoms with van der Waals surface area (Å²) in [6.07, 6.45) is 0.758. The predicted molar refractivity (Wildman–Crippen MR) is 86.6 cm³/mol. The van der Waals surface area contributed by atoms with Gasteiger partial charge in [0, 0.05) is 18.6 Å². The number of hydrogen-bond acceptors (Lipinski definition) is 5. The standard InChI is InChI=1S/C16H16N2O3S/c1-21-12-7-6-10(11(20)4-2-8-19)14-15(12)18-16(17-14)13-5-3-9-22-13/h3,5-7,9,19H,2,4,8H2,1H3,(H,17,18). The number of methoxy groups -OCH3 is 1. The van der Waals surface area contributed by atoms with Crippen molar-refractivity contribution in [1.29, 1.82) is 0 Å². The number of fused-ring (bicyclic) bond motifs is 1. The van der Waals surface area contributed by atoms with Crippen LogP contribution in [0.5, 0.6) is 5.75 Å². The van der Waals surface area contributed by atoms with E-state index in [0.29, 0.717) is 29.7 Å². The van der Waals surface area contributed by atoms with Crippen LogP contribution in [0.1, 0.15) is 23.2 Å².